The Morgan fingerprint density at radius 2 is 0.597 bits per heavy atom. The molecule has 1 N–H and O–H groups in total. The summed E-state index contributed by atoms with van der Waals surface area (Å²) in [6.07, 6.45) is 77.4. The molecule has 1 fully saturated rings. The zero-order valence-electron chi connectivity index (χ0n) is 50.9. The predicted molar refractivity (Wildman–Crippen MR) is 324 cm³/mol. The van der Waals surface area contributed by atoms with Crippen LogP contribution in [0.25, 0.3) is 0 Å². The number of ether oxygens (including phenoxy) is 1. The van der Waals surface area contributed by atoms with E-state index in [0.717, 1.165) is 55.4 Å². The third-order valence-electron chi connectivity index (χ3n) is 17.7. The van der Waals surface area contributed by atoms with Crippen molar-refractivity contribution < 1.29 is 9.53 Å². The maximum Gasteiger partial charge on any atom is 0.407 e. The number of hydrogen-bond acceptors (Lipinski definition) is 2. The molecule has 0 bridgehead atoms. The van der Waals surface area contributed by atoms with Crippen molar-refractivity contribution in [1.29, 1.82) is 0 Å². The first kappa shape index (κ1) is 69.3. The molecule has 0 aromatic carbocycles. The first-order chi connectivity index (χ1) is 35.4. The Labute approximate surface area is 455 Å². The monoisotopic (exact) mass is 1010 g/mol. The molecule has 0 aliphatic heterocycles. The van der Waals surface area contributed by atoms with Gasteiger partial charge < -0.3 is 10.1 Å². The average Bonchev–Trinajstić information content (AvgIpc) is 3.89. The molecule has 1 rings (SSSR count). The zero-order chi connectivity index (χ0) is 52.1. The third kappa shape index (κ3) is 47.7. The van der Waals surface area contributed by atoms with Gasteiger partial charge in [-0.15, -0.1) is 0 Å². The van der Waals surface area contributed by atoms with Gasteiger partial charge in [0.25, 0.3) is 0 Å². The van der Waals surface area contributed by atoms with E-state index in [0.29, 0.717) is 0 Å². The standard InChI is InChI=1S/C69H137NO2/c1-7-11-15-19-23-27-31-35-39-43-51-63(5)59-65(53-45-41-37-33-29-25-21-17-13-9-3)61-67(55-49-50-58-70-69(71)72-68-56-47-48-57-68)62-66(54-46-42-38-34-30-26-22-18-14-10-4)60-64(6)52-44-40-36-32-28-24-20-16-12-8-2/h63-68H,7-62H2,1-6H3,(H,70,71). The van der Waals surface area contributed by atoms with Gasteiger partial charge in [-0.3, -0.25) is 0 Å². The summed E-state index contributed by atoms with van der Waals surface area (Å²) in [5.74, 6) is 4.29. The summed E-state index contributed by atoms with van der Waals surface area (Å²) >= 11 is 0. The van der Waals surface area contributed by atoms with E-state index in [4.69, 9.17) is 4.74 Å². The summed E-state index contributed by atoms with van der Waals surface area (Å²) in [4.78, 5) is 12.7. The Morgan fingerprint density at radius 1 is 0.347 bits per heavy atom. The molecular weight excluding hydrogens is 875 g/mol. The normalized spacial score (nSPS) is 15.2. The fraction of sp³-hybridized carbons (Fsp3) is 0.986. The van der Waals surface area contributed by atoms with E-state index >= 15 is 0 Å². The number of hydrogen-bond donors (Lipinski definition) is 1. The highest BCUT2D eigenvalue weighted by molar-refractivity contribution is 5.67. The molecule has 0 spiro atoms. The van der Waals surface area contributed by atoms with Gasteiger partial charge in [0.15, 0.2) is 0 Å². The van der Waals surface area contributed by atoms with Crippen molar-refractivity contribution in [3.63, 3.8) is 0 Å². The van der Waals surface area contributed by atoms with Crippen LogP contribution in [0.3, 0.4) is 0 Å². The topological polar surface area (TPSA) is 38.3 Å². The molecule has 430 valence electrons. The minimum Gasteiger partial charge on any atom is -0.446 e. The van der Waals surface area contributed by atoms with Crippen LogP contribution in [0.2, 0.25) is 0 Å². The van der Waals surface area contributed by atoms with Gasteiger partial charge in [-0.25, -0.2) is 4.79 Å². The summed E-state index contributed by atoms with van der Waals surface area (Å²) in [6.45, 7) is 15.4. The molecule has 0 radical (unpaired) electrons. The minimum absolute atomic E-state index is 0.148. The molecule has 1 aliphatic rings. The van der Waals surface area contributed by atoms with Crippen LogP contribution >= 0.6 is 0 Å². The largest absolute Gasteiger partial charge is 0.446 e. The number of nitrogens with one attached hydrogen (secondary N) is 1. The molecule has 1 aliphatic carbocycles. The number of carbonyl (C=O) groups excluding carboxylic acids is 1. The average molecular weight is 1010 g/mol. The summed E-state index contributed by atoms with van der Waals surface area (Å²) in [5, 5.41) is 3.17. The summed E-state index contributed by atoms with van der Waals surface area (Å²) in [6, 6.07) is 0. The number of alkyl carbamates (subject to hydrolysis) is 1. The van der Waals surface area contributed by atoms with E-state index in [1.54, 1.807) is 0 Å². The Bertz CT molecular complexity index is 991. The van der Waals surface area contributed by atoms with Gasteiger partial charge in [-0.1, -0.05) is 337 Å². The quantitative estimate of drug-likeness (QED) is 0.0617. The van der Waals surface area contributed by atoms with Crippen molar-refractivity contribution in [1.82, 2.24) is 5.32 Å². The van der Waals surface area contributed by atoms with Crippen molar-refractivity contribution in [3.05, 3.63) is 0 Å². The molecule has 3 heteroatoms. The predicted octanol–water partition coefficient (Wildman–Crippen LogP) is 24.8. The van der Waals surface area contributed by atoms with Gasteiger partial charge >= 0.3 is 6.09 Å². The maximum atomic E-state index is 12.7. The van der Waals surface area contributed by atoms with Crippen molar-refractivity contribution in [3.8, 4) is 0 Å². The first-order valence-electron chi connectivity index (χ1n) is 34.4. The Balaban J connectivity index is 3.04. The van der Waals surface area contributed by atoms with Gasteiger partial charge in [0.2, 0.25) is 0 Å². The molecule has 4 atom stereocenters. The second-order valence-corrected chi connectivity index (χ2v) is 25.4. The number of rotatable bonds is 58. The molecule has 72 heavy (non-hydrogen) atoms. The van der Waals surface area contributed by atoms with Gasteiger partial charge in [0.05, 0.1) is 0 Å². The smallest absolute Gasteiger partial charge is 0.407 e. The molecule has 1 amide bonds. The molecule has 4 unspecified atom stereocenters. The summed E-state index contributed by atoms with van der Waals surface area (Å²) in [7, 11) is 0. The SMILES string of the molecule is CCCCCCCCCCCCC(C)CC(CCCCCCCCCCCC)CC(CCCCNC(=O)OC1CCCC1)CC(CCCCCCCCCCCC)CC(C)CCCCCCCCCCCC. The highest BCUT2D eigenvalue weighted by Crippen LogP contribution is 2.37. The summed E-state index contributed by atoms with van der Waals surface area (Å²) < 4.78 is 5.78. The van der Waals surface area contributed by atoms with Crippen molar-refractivity contribution in [2.75, 3.05) is 6.54 Å². The third-order valence-corrected chi connectivity index (χ3v) is 17.7. The lowest BCUT2D eigenvalue weighted by molar-refractivity contribution is 0.101. The van der Waals surface area contributed by atoms with Crippen LogP contribution < -0.4 is 5.32 Å². The van der Waals surface area contributed by atoms with Crippen LogP contribution in [0.4, 0.5) is 4.79 Å². The molecule has 0 heterocycles. The van der Waals surface area contributed by atoms with E-state index < -0.39 is 0 Å². The fourth-order valence-electron chi connectivity index (χ4n) is 13.1. The second kappa shape index (κ2) is 55.0. The van der Waals surface area contributed by atoms with Crippen LogP contribution in [0.1, 0.15) is 395 Å². The minimum atomic E-state index is -0.167. The molecule has 1 saturated carbocycles. The van der Waals surface area contributed by atoms with E-state index in [2.05, 4.69) is 46.9 Å². The number of amides is 1. The lowest BCUT2D eigenvalue weighted by Gasteiger charge is -2.30. The van der Waals surface area contributed by atoms with Crippen LogP contribution in [0.5, 0.6) is 0 Å². The van der Waals surface area contributed by atoms with Gasteiger partial charge in [0.1, 0.15) is 6.10 Å². The van der Waals surface area contributed by atoms with E-state index in [9.17, 15) is 4.79 Å². The lowest BCUT2D eigenvalue weighted by atomic mass is 9.76. The maximum absolute atomic E-state index is 12.7. The van der Waals surface area contributed by atoms with E-state index in [1.807, 2.05) is 0 Å². The molecule has 3 nitrogen and oxygen atoms in total. The first-order valence-corrected chi connectivity index (χ1v) is 34.4. The fourth-order valence-corrected chi connectivity index (χ4v) is 13.1. The zero-order valence-corrected chi connectivity index (χ0v) is 50.9. The second-order valence-electron chi connectivity index (χ2n) is 25.4. The number of carbonyl (C=O) groups is 1. The number of unbranched alkanes of at least 4 members (excludes halogenated alkanes) is 37. The van der Waals surface area contributed by atoms with Crippen molar-refractivity contribution >= 4 is 6.09 Å². The van der Waals surface area contributed by atoms with Crippen molar-refractivity contribution in [2.24, 2.45) is 29.6 Å². The van der Waals surface area contributed by atoms with E-state index in [-0.39, 0.29) is 12.2 Å². The molecule has 0 saturated heterocycles. The Morgan fingerprint density at radius 3 is 0.903 bits per heavy atom. The van der Waals surface area contributed by atoms with Gasteiger partial charge in [-0.2, -0.15) is 0 Å². The van der Waals surface area contributed by atoms with E-state index in [1.165, 1.54) is 334 Å². The molecule has 0 aromatic heterocycles. The van der Waals surface area contributed by atoms with Crippen LogP contribution in [0, 0.1) is 29.6 Å². The Hall–Kier alpha value is -0.730. The molecule has 0 aromatic rings. The van der Waals surface area contributed by atoms with Crippen molar-refractivity contribution in [2.45, 2.75) is 401 Å². The van der Waals surface area contributed by atoms with Crippen LogP contribution in [0.15, 0.2) is 0 Å². The van der Waals surface area contributed by atoms with Gasteiger partial charge in [-0.05, 0) is 87.4 Å². The van der Waals surface area contributed by atoms with Crippen LogP contribution in [-0.4, -0.2) is 18.7 Å². The lowest BCUT2D eigenvalue weighted by Crippen LogP contribution is -2.28. The highest BCUT2D eigenvalue weighted by atomic mass is 16.6. The van der Waals surface area contributed by atoms with Crippen LogP contribution in [-0.2, 0) is 4.74 Å². The Kier molecular flexibility index (Phi) is 53.0. The summed E-state index contributed by atoms with van der Waals surface area (Å²) in [5.41, 5.74) is 0. The highest BCUT2D eigenvalue weighted by Gasteiger charge is 2.24. The molecular formula is C69H137NO2. The van der Waals surface area contributed by atoms with Gasteiger partial charge in [0, 0.05) is 6.54 Å².